The molecule has 1 aliphatic rings. The molecule has 0 bridgehead atoms. The number of hydrogen-bond donors (Lipinski definition) is 1. The molecule has 1 fully saturated rings. The van der Waals surface area contributed by atoms with Crippen molar-refractivity contribution in [3.05, 3.63) is 119 Å². The number of methoxy groups -OCH3 is 1. The van der Waals surface area contributed by atoms with E-state index in [0.717, 1.165) is 45.7 Å². The first-order valence-corrected chi connectivity index (χ1v) is 12.9. The van der Waals surface area contributed by atoms with Crippen LogP contribution in [0.3, 0.4) is 0 Å². The first-order chi connectivity index (χ1) is 18.6. The van der Waals surface area contributed by atoms with Gasteiger partial charge in [0.15, 0.2) is 5.11 Å². The van der Waals surface area contributed by atoms with Gasteiger partial charge >= 0.3 is 0 Å². The van der Waals surface area contributed by atoms with Crippen LogP contribution in [0.5, 0.6) is 11.5 Å². The second-order valence-corrected chi connectivity index (χ2v) is 9.25. The summed E-state index contributed by atoms with van der Waals surface area (Å²) in [5.74, 6) is 1.30. The monoisotopic (exact) mass is 520 g/mol. The molecule has 5 nitrogen and oxygen atoms in total. The van der Waals surface area contributed by atoms with Crippen molar-refractivity contribution in [2.24, 2.45) is 0 Å². The van der Waals surface area contributed by atoms with Gasteiger partial charge in [0.05, 0.1) is 12.8 Å². The highest BCUT2D eigenvalue weighted by atomic mass is 32.1. The molecular formula is C32H28N2O3S. The number of para-hydroxylation sites is 1. The Bertz CT molecular complexity index is 1500. The van der Waals surface area contributed by atoms with Crippen LogP contribution < -0.4 is 19.7 Å². The molecule has 1 saturated heterocycles. The standard InChI is InChI=1S/C32H28N2O3S/c1-3-23-9-7-8-12-29(23)34-31(35)28(33-32(34)38)20-22-13-18-30(36-2)26(19-22)21-37-27-16-14-25(15-17-27)24-10-5-4-6-11-24/h4-20H,3,21H2,1-2H3,(H,33,38)/b28-20+. The largest absolute Gasteiger partial charge is 0.496 e. The molecule has 1 aliphatic heterocycles. The minimum absolute atomic E-state index is 0.178. The van der Waals surface area contributed by atoms with Crippen molar-refractivity contribution in [2.75, 3.05) is 12.0 Å². The highest BCUT2D eigenvalue weighted by Gasteiger charge is 2.33. The highest BCUT2D eigenvalue weighted by molar-refractivity contribution is 7.80. The predicted octanol–water partition coefficient (Wildman–Crippen LogP) is 6.77. The molecular weight excluding hydrogens is 492 g/mol. The third-order valence-corrected chi connectivity index (χ3v) is 6.75. The van der Waals surface area contributed by atoms with Crippen molar-refractivity contribution in [1.82, 2.24) is 5.32 Å². The van der Waals surface area contributed by atoms with Crippen molar-refractivity contribution in [3.8, 4) is 22.6 Å². The molecule has 0 atom stereocenters. The molecule has 0 saturated carbocycles. The summed E-state index contributed by atoms with van der Waals surface area (Å²) < 4.78 is 11.6. The van der Waals surface area contributed by atoms with E-state index in [1.165, 1.54) is 0 Å². The number of anilines is 1. The van der Waals surface area contributed by atoms with Crippen molar-refractivity contribution in [2.45, 2.75) is 20.0 Å². The quantitative estimate of drug-likeness (QED) is 0.205. The molecule has 190 valence electrons. The van der Waals surface area contributed by atoms with Gasteiger partial charge in [-0.15, -0.1) is 0 Å². The van der Waals surface area contributed by atoms with Crippen LogP contribution in [0.2, 0.25) is 0 Å². The minimum Gasteiger partial charge on any atom is -0.496 e. The summed E-state index contributed by atoms with van der Waals surface area (Å²) in [6, 6.07) is 31.8. The Morgan fingerprint density at radius 2 is 1.58 bits per heavy atom. The number of thiocarbonyl (C=S) groups is 1. The van der Waals surface area contributed by atoms with E-state index in [2.05, 4.69) is 24.4 Å². The second kappa shape index (κ2) is 11.3. The zero-order valence-electron chi connectivity index (χ0n) is 21.3. The number of nitrogens with one attached hydrogen (secondary N) is 1. The topological polar surface area (TPSA) is 50.8 Å². The highest BCUT2D eigenvalue weighted by Crippen LogP contribution is 2.29. The minimum atomic E-state index is -0.178. The molecule has 0 unspecified atom stereocenters. The van der Waals surface area contributed by atoms with Crippen LogP contribution in [-0.4, -0.2) is 18.1 Å². The van der Waals surface area contributed by atoms with E-state index < -0.39 is 0 Å². The zero-order chi connectivity index (χ0) is 26.5. The van der Waals surface area contributed by atoms with Gasteiger partial charge < -0.3 is 14.8 Å². The molecule has 38 heavy (non-hydrogen) atoms. The predicted molar refractivity (Wildman–Crippen MR) is 156 cm³/mol. The maximum atomic E-state index is 13.3. The number of carbonyl (C=O) groups is 1. The Balaban J connectivity index is 1.34. The molecule has 1 N–H and O–H groups in total. The van der Waals surface area contributed by atoms with Gasteiger partial charge in [-0.05, 0) is 77.3 Å². The molecule has 0 aromatic heterocycles. The number of carbonyl (C=O) groups excluding carboxylic acids is 1. The summed E-state index contributed by atoms with van der Waals surface area (Å²) >= 11 is 5.51. The lowest BCUT2D eigenvalue weighted by Crippen LogP contribution is -2.31. The van der Waals surface area contributed by atoms with Gasteiger partial charge in [0, 0.05) is 5.56 Å². The molecule has 1 amide bonds. The van der Waals surface area contributed by atoms with Gasteiger partial charge in [-0.1, -0.05) is 73.7 Å². The summed E-state index contributed by atoms with van der Waals surface area (Å²) in [7, 11) is 1.63. The van der Waals surface area contributed by atoms with Crippen molar-refractivity contribution >= 4 is 35.0 Å². The van der Waals surface area contributed by atoms with Gasteiger partial charge in [0.2, 0.25) is 0 Å². The number of rotatable bonds is 8. The Morgan fingerprint density at radius 3 is 2.32 bits per heavy atom. The second-order valence-electron chi connectivity index (χ2n) is 8.86. The average Bonchev–Trinajstić information content (AvgIpc) is 3.24. The van der Waals surface area contributed by atoms with Gasteiger partial charge in [-0.2, -0.15) is 0 Å². The summed E-state index contributed by atoms with van der Waals surface area (Å²) in [6.45, 7) is 2.38. The molecule has 5 rings (SSSR count). The van der Waals surface area contributed by atoms with Crippen LogP contribution in [0.15, 0.2) is 103 Å². The van der Waals surface area contributed by atoms with Crippen LogP contribution in [0.1, 0.15) is 23.6 Å². The molecule has 1 heterocycles. The fraction of sp³-hybridized carbons (Fsp3) is 0.125. The number of amides is 1. The van der Waals surface area contributed by atoms with Crippen LogP contribution in [-0.2, 0) is 17.8 Å². The smallest absolute Gasteiger partial charge is 0.281 e. The Kier molecular flexibility index (Phi) is 7.52. The van der Waals surface area contributed by atoms with E-state index in [0.29, 0.717) is 23.2 Å². The third kappa shape index (κ3) is 5.31. The Morgan fingerprint density at radius 1 is 0.868 bits per heavy atom. The van der Waals surface area contributed by atoms with E-state index in [9.17, 15) is 4.79 Å². The molecule has 6 heteroatoms. The number of benzene rings is 4. The van der Waals surface area contributed by atoms with Gasteiger partial charge in [0.1, 0.15) is 23.8 Å². The Labute approximate surface area is 228 Å². The van der Waals surface area contributed by atoms with Crippen molar-refractivity contribution in [3.63, 3.8) is 0 Å². The van der Waals surface area contributed by atoms with E-state index in [-0.39, 0.29) is 5.91 Å². The van der Waals surface area contributed by atoms with Gasteiger partial charge in [0.25, 0.3) is 5.91 Å². The lowest BCUT2D eigenvalue weighted by atomic mass is 10.1. The number of nitrogens with zero attached hydrogens (tertiary/aromatic N) is 1. The van der Waals surface area contributed by atoms with Gasteiger partial charge in [-0.3, -0.25) is 9.69 Å². The van der Waals surface area contributed by atoms with Crippen LogP contribution in [0.4, 0.5) is 5.69 Å². The van der Waals surface area contributed by atoms with Crippen molar-refractivity contribution in [1.29, 1.82) is 0 Å². The normalized spacial score (nSPS) is 14.1. The fourth-order valence-electron chi connectivity index (χ4n) is 4.48. The van der Waals surface area contributed by atoms with E-state index in [1.54, 1.807) is 18.1 Å². The zero-order valence-corrected chi connectivity index (χ0v) is 22.1. The summed E-state index contributed by atoms with van der Waals surface area (Å²) in [6.07, 6.45) is 2.61. The number of hydrogen-bond acceptors (Lipinski definition) is 4. The molecule has 4 aromatic carbocycles. The van der Waals surface area contributed by atoms with Gasteiger partial charge in [-0.25, -0.2) is 0 Å². The molecule has 0 radical (unpaired) electrons. The summed E-state index contributed by atoms with van der Waals surface area (Å²) in [5.41, 5.74) is 6.30. The molecule has 4 aromatic rings. The van der Waals surface area contributed by atoms with E-state index >= 15 is 0 Å². The van der Waals surface area contributed by atoms with E-state index in [4.69, 9.17) is 21.7 Å². The van der Waals surface area contributed by atoms with Crippen molar-refractivity contribution < 1.29 is 14.3 Å². The third-order valence-electron chi connectivity index (χ3n) is 6.46. The first kappa shape index (κ1) is 25.2. The maximum absolute atomic E-state index is 13.3. The van der Waals surface area contributed by atoms with Crippen LogP contribution in [0.25, 0.3) is 17.2 Å². The molecule has 0 spiro atoms. The maximum Gasteiger partial charge on any atom is 0.281 e. The fourth-order valence-corrected chi connectivity index (χ4v) is 4.78. The summed E-state index contributed by atoms with van der Waals surface area (Å²) in [5, 5.41) is 3.46. The number of ether oxygens (including phenoxy) is 2. The lowest BCUT2D eigenvalue weighted by molar-refractivity contribution is -0.113. The lowest BCUT2D eigenvalue weighted by Gasteiger charge is -2.17. The molecule has 0 aliphatic carbocycles. The first-order valence-electron chi connectivity index (χ1n) is 12.5. The van der Waals surface area contributed by atoms with Crippen LogP contribution in [0, 0.1) is 0 Å². The SMILES string of the molecule is CCc1ccccc1N1C(=O)/C(=C\c2ccc(OC)c(COc3ccc(-c4ccccc4)cc3)c2)NC1=S. The summed E-state index contributed by atoms with van der Waals surface area (Å²) in [4.78, 5) is 14.9. The van der Waals surface area contributed by atoms with Crippen LogP contribution >= 0.6 is 12.2 Å². The Hall–Kier alpha value is -4.42. The average molecular weight is 521 g/mol. The van der Waals surface area contributed by atoms with E-state index in [1.807, 2.05) is 84.9 Å². The number of aryl methyl sites for hydroxylation is 1.